The molecule has 0 unspecified atom stereocenters. The Hall–Kier alpha value is -1.14. The van der Waals surface area contributed by atoms with E-state index in [0.717, 1.165) is 90.5 Å². The topological polar surface area (TPSA) is 64.1 Å². The van der Waals surface area contributed by atoms with Gasteiger partial charge in [0.1, 0.15) is 0 Å². The maximum atomic E-state index is 13.2. The van der Waals surface area contributed by atoms with Crippen LogP contribution in [0, 0.1) is 0 Å². The lowest BCUT2D eigenvalue weighted by molar-refractivity contribution is -0.132. The zero-order valence-electron chi connectivity index (χ0n) is 42.4. The third-order valence-electron chi connectivity index (χ3n) is 13.4. The van der Waals surface area contributed by atoms with Crippen molar-refractivity contribution in [2.45, 2.75) is 297 Å². The molecule has 0 aliphatic heterocycles. The van der Waals surface area contributed by atoms with E-state index in [1.807, 2.05) is 0 Å². The minimum Gasteiger partial charge on any atom is -0.396 e. The van der Waals surface area contributed by atoms with Crippen molar-refractivity contribution in [2.75, 3.05) is 45.9 Å². The molecule has 0 saturated heterocycles. The van der Waals surface area contributed by atoms with E-state index in [-0.39, 0.29) is 6.61 Å². The third kappa shape index (κ3) is 39.0. The first-order valence-corrected chi connectivity index (χ1v) is 27.9. The number of aliphatic hydroxyl groups excluding tert-OH is 1. The van der Waals surface area contributed by atoms with E-state index in [0.29, 0.717) is 17.9 Å². The second kappa shape index (κ2) is 48.3. The van der Waals surface area contributed by atoms with Crippen LogP contribution >= 0.6 is 0 Å². The van der Waals surface area contributed by atoms with Gasteiger partial charge in [-0.25, -0.2) is 0 Å². The Morgan fingerprint density at radius 3 is 0.934 bits per heavy atom. The average molecular weight is 863 g/mol. The normalized spacial score (nSPS) is 11.7. The number of rotatable bonds is 50. The summed E-state index contributed by atoms with van der Waals surface area (Å²) in [6.45, 7) is 17.7. The molecule has 6 heteroatoms. The van der Waals surface area contributed by atoms with Crippen molar-refractivity contribution in [3.63, 3.8) is 0 Å². The van der Waals surface area contributed by atoms with Gasteiger partial charge in [0.2, 0.25) is 11.8 Å². The lowest BCUT2D eigenvalue weighted by atomic mass is 9.97. The van der Waals surface area contributed by atoms with Gasteiger partial charge in [0, 0.05) is 58.2 Å². The van der Waals surface area contributed by atoms with Gasteiger partial charge in [-0.3, -0.25) is 9.59 Å². The van der Waals surface area contributed by atoms with Crippen LogP contribution in [-0.2, 0) is 9.59 Å². The largest absolute Gasteiger partial charge is 0.396 e. The molecule has 0 fully saturated rings. The first kappa shape index (κ1) is 59.9. The Bertz CT molecular complexity index is 820. The molecular formula is C55H111N3O3. The summed E-state index contributed by atoms with van der Waals surface area (Å²) in [6.07, 6.45) is 48.7. The van der Waals surface area contributed by atoms with Crippen molar-refractivity contribution in [1.29, 1.82) is 0 Å². The van der Waals surface area contributed by atoms with Gasteiger partial charge in [-0.15, -0.1) is 0 Å². The molecule has 0 spiro atoms. The molecule has 0 saturated carbocycles. The van der Waals surface area contributed by atoms with Crippen LogP contribution in [0.1, 0.15) is 291 Å². The smallest absolute Gasteiger partial charge is 0.222 e. The van der Waals surface area contributed by atoms with Crippen LogP contribution < -0.4 is 0 Å². The minimum absolute atomic E-state index is 0.288. The number of hydrogen-bond acceptors (Lipinski definition) is 4. The summed E-state index contributed by atoms with van der Waals surface area (Å²) < 4.78 is 0. The van der Waals surface area contributed by atoms with Crippen molar-refractivity contribution in [1.82, 2.24) is 14.7 Å². The number of unbranched alkanes of at least 4 members (excludes halogenated alkanes) is 28. The highest BCUT2D eigenvalue weighted by Gasteiger charge is 2.18. The zero-order valence-corrected chi connectivity index (χ0v) is 42.4. The highest BCUT2D eigenvalue weighted by atomic mass is 16.3. The maximum Gasteiger partial charge on any atom is 0.222 e. The molecule has 61 heavy (non-hydrogen) atoms. The second-order valence-electron chi connectivity index (χ2n) is 19.2. The van der Waals surface area contributed by atoms with E-state index in [9.17, 15) is 14.7 Å². The van der Waals surface area contributed by atoms with Crippen LogP contribution in [0.3, 0.4) is 0 Å². The van der Waals surface area contributed by atoms with Crippen LogP contribution in [0.25, 0.3) is 0 Å². The van der Waals surface area contributed by atoms with Gasteiger partial charge in [0.25, 0.3) is 0 Å². The summed E-state index contributed by atoms with van der Waals surface area (Å²) in [5.41, 5.74) is 0. The lowest BCUT2D eigenvalue weighted by Gasteiger charge is -2.32. The Balaban J connectivity index is 4.88. The van der Waals surface area contributed by atoms with Crippen LogP contribution in [0.15, 0.2) is 0 Å². The Kier molecular flexibility index (Phi) is 47.4. The Labute approximate surface area is 383 Å². The highest BCUT2D eigenvalue weighted by Crippen LogP contribution is 2.21. The number of nitrogens with zero attached hydrogens (tertiary/aromatic N) is 3. The van der Waals surface area contributed by atoms with E-state index in [1.54, 1.807) is 0 Å². The summed E-state index contributed by atoms with van der Waals surface area (Å²) in [5.74, 6) is 0.802. The van der Waals surface area contributed by atoms with Gasteiger partial charge in [0.05, 0.1) is 0 Å². The molecule has 0 rings (SSSR count). The molecule has 2 amide bonds. The van der Waals surface area contributed by atoms with Gasteiger partial charge in [-0.05, 0) is 70.8 Å². The number of carbonyl (C=O) groups excluding carboxylic acids is 2. The molecule has 1 N–H and O–H groups in total. The standard InChI is InChI=1S/C55H111N3O3/c1-6-11-16-21-26-31-40-46-56(51-41-52-59)53(42-32-27-22-24-29-34-44-54(60)57(47-36-17-12-7-2)48-37-18-13-8-3)43-33-28-23-25-30-35-45-55(61)58(49-38-19-14-9-4)50-39-20-15-10-5/h53,59H,6-52H2,1-5H3. The minimum atomic E-state index is 0.288. The molecule has 0 aromatic rings. The lowest BCUT2D eigenvalue weighted by Crippen LogP contribution is -2.37. The fraction of sp³-hybridized carbons (Fsp3) is 0.964. The molecule has 0 atom stereocenters. The van der Waals surface area contributed by atoms with E-state index >= 15 is 0 Å². The summed E-state index contributed by atoms with van der Waals surface area (Å²) in [5, 5.41) is 9.81. The molecule has 0 aliphatic rings. The maximum absolute atomic E-state index is 13.2. The van der Waals surface area contributed by atoms with Gasteiger partial charge in [0.15, 0.2) is 0 Å². The summed E-state index contributed by atoms with van der Waals surface area (Å²) in [7, 11) is 0. The van der Waals surface area contributed by atoms with Crippen LogP contribution in [-0.4, -0.2) is 83.5 Å². The highest BCUT2D eigenvalue weighted by molar-refractivity contribution is 5.76. The fourth-order valence-electron chi connectivity index (χ4n) is 9.22. The van der Waals surface area contributed by atoms with Crippen molar-refractivity contribution in [2.24, 2.45) is 0 Å². The van der Waals surface area contributed by atoms with E-state index in [4.69, 9.17) is 0 Å². The van der Waals surface area contributed by atoms with E-state index < -0.39 is 0 Å². The van der Waals surface area contributed by atoms with Crippen molar-refractivity contribution in [3.8, 4) is 0 Å². The third-order valence-corrected chi connectivity index (χ3v) is 13.4. The molecule has 0 aliphatic carbocycles. The van der Waals surface area contributed by atoms with Gasteiger partial charge < -0.3 is 19.8 Å². The molecule has 0 aromatic carbocycles. The van der Waals surface area contributed by atoms with Crippen LogP contribution in [0.5, 0.6) is 0 Å². The number of hydrogen-bond donors (Lipinski definition) is 1. The average Bonchev–Trinajstić information content (AvgIpc) is 3.26. The molecule has 0 aromatic heterocycles. The van der Waals surface area contributed by atoms with Crippen molar-refractivity contribution >= 4 is 11.8 Å². The number of carbonyl (C=O) groups is 2. The van der Waals surface area contributed by atoms with Gasteiger partial charge in [-0.1, -0.05) is 214 Å². The molecule has 0 heterocycles. The predicted molar refractivity (Wildman–Crippen MR) is 269 cm³/mol. The SMILES string of the molecule is CCCCCCCCCN(CCCO)C(CCCCCCCCC(=O)N(CCCCCC)CCCCCC)CCCCCCCCC(=O)N(CCCCCC)CCCCCC. The molecular weight excluding hydrogens is 751 g/mol. The first-order chi connectivity index (χ1) is 30.0. The van der Waals surface area contributed by atoms with Crippen LogP contribution in [0.2, 0.25) is 0 Å². The molecule has 0 radical (unpaired) electrons. The zero-order chi connectivity index (χ0) is 44.7. The summed E-state index contributed by atoms with van der Waals surface area (Å²) in [4.78, 5) is 33.5. The second-order valence-corrected chi connectivity index (χ2v) is 19.2. The first-order valence-electron chi connectivity index (χ1n) is 27.9. The fourth-order valence-corrected chi connectivity index (χ4v) is 9.22. The van der Waals surface area contributed by atoms with E-state index in [2.05, 4.69) is 49.3 Å². The van der Waals surface area contributed by atoms with Gasteiger partial charge >= 0.3 is 0 Å². The van der Waals surface area contributed by atoms with Crippen LogP contribution in [0.4, 0.5) is 0 Å². The Morgan fingerprint density at radius 2 is 0.590 bits per heavy atom. The predicted octanol–water partition coefficient (Wildman–Crippen LogP) is 16.0. The quantitative estimate of drug-likeness (QED) is 0.0619. The molecule has 364 valence electrons. The summed E-state index contributed by atoms with van der Waals surface area (Å²) >= 11 is 0. The van der Waals surface area contributed by atoms with Crippen molar-refractivity contribution in [3.05, 3.63) is 0 Å². The Morgan fingerprint density at radius 1 is 0.328 bits per heavy atom. The van der Waals surface area contributed by atoms with E-state index in [1.165, 1.54) is 206 Å². The molecule has 0 bridgehead atoms. The number of aliphatic hydroxyl groups is 1. The summed E-state index contributed by atoms with van der Waals surface area (Å²) in [6, 6.07) is 0.628. The van der Waals surface area contributed by atoms with Crippen molar-refractivity contribution < 1.29 is 14.7 Å². The monoisotopic (exact) mass is 862 g/mol. The molecule has 6 nitrogen and oxygen atoms in total. The van der Waals surface area contributed by atoms with Gasteiger partial charge in [-0.2, -0.15) is 0 Å². The number of amides is 2.